The van der Waals surface area contributed by atoms with Gasteiger partial charge >= 0.3 is 0 Å². The van der Waals surface area contributed by atoms with Crippen LogP contribution in [-0.4, -0.2) is 85.0 Å². The zero-order valence-corrected chi connectivity index (χ0v) is 22.8. The molecule has 3 aliphatic rings. The molecular formula is C30H32F2N4O5. The molecule has 3 saturated heterocycles. The molecule has 0 saturated carbocycles. The van der Waals surface area contributed by atoms with Crippen LogP contribution in [0.5, 0.6) is 5.75 Å². The molecule has 0 spiro atoms. The molecule has 3 aliphatic heterocycles. The van der Waals surface area contributed by atoms with Gasteiger partial charge in [0, 0.05) is 55.2 Å². The normalized spacial score (nSPS) is 23.1. The molecule has 2 aromatic carbocycles. The lowest BCUT2D eigenvalue weighted by atomic mass is 10.0. The molecule has 11 heteroatoms. The second-order valence-electron chi connectivity index (χ2n) is 10.6. The number of aromatic nitrogens is 2. The highest BCUT2D eigenvalue weighted by atomic mass is 19.1. The van der Waals surface area contributed by atoms with Crippen LogP contribution < -0.4 is 10.1 Å². The van der Waals surface area contributed by atoms with Gasteiger partial charge in [-0.2, -0.15) is 0 Å². The van der Waals surface area contributed by atoms with E-state index in [0.717, 1.165) is 0 Å². The zero-order valence-electron chi connectivity index (χ0n) is 22.8. The Balaban J connectivity index is 1.24. The summed E-state index contributed by atoms with van der Waals surface area (Å²) >= 11 is 0. The molecule has 216 valence electrons. The standard InChI is InChI=1S/C30H32F2N4O5/c1-18-10-20(2-3-23(18)31)35-30-22-11-19(27(13-25(22)33-17-34-30)41-21-5-7-38-16-21)12-26(37)24(32)4-6-36-14-28-29(15-36)40-9-8-39-28/h2-4,10-11,13,17,21,28-29H,5-9,12,14-16H2,1H3,(H,33,34,35)/b24-4-/t21-,28-,29+/m0/s1. The lowest BCUT2D eigenvalue weighted by Crippen LogP contribution is -2.36. The first-order valence-corrected chi connectivity index (χ1v) is 13.8. The molecule has 1 aromatic heterocycles. The molecule has 9 nitrogen and oxygen atoms in total. The van der Waals surface area contributed by atoms with E-state index in [9.17, 15) is 9.18 Å². The van der Waals surface area contributed by atoms with Crippen molar-refractivity contribution in [1.82, 2.24) is 14.9 Å². The molecule has 0 radical (unpaired) electrons. The van der Waals surface area contributed by atoms with Crippen molar-refractivity contribution >= 4 is 28.2 Å². The Morgan fingerprint density at radius 2 is 1.95 bits per heavy atom. The SMILES string of the molecule is Cc1cc(Nc2ncnc3cc(O[C@H]4CCOC4)c(CC(=O)/C(F)=C/CN4C[C@@H]5OCCO[C@@H]5C4)cc23)ccc1F. The number of likely N-dealkylation sites (tertiary alicyclic amines) is 1. The number of ketones is 1. The summed E-state index contributed by atoms with van der Waals surface area (Å²) < 4.78 is 52.0. The third-order valence-corrected chi connectivity index (χ3v) is 7.60. The van der Waals surface area contributed by atoms with Gasteiger partial charge in [0.05, 0.1) is 44.2 Å². The molecule has 41 heavy (non-hydrogen) atoms. The van der Waals surface area contributed by atoms with Crippen molar-refractivity contribution < 1.29 is 32.5 Å². The number of rotatable bonds is 9. The van der Waals surface area contributed by atoms with Crippen LogP contribution in [0, 0.1) is 12.7 Å². The Morgan fingerprint density at radius 3 is 2.68 bits per heavy atom. The van der Waals surface area contributed by atoms with Crippen LogP contribution in [0.4, 0.5) is 20.3 Å². The largest absolute Gasteiger partial charge is 0.488 e. The smallest absolute Gasteiger partial charge is 0.195 e. The number of hydrogen-bond donors (Lipinski definition) is 1. The molecule has 3 atom stereocenters. The van der Waals surface area contributed by atoms with Crippen LogP contribution >= 0.6 is 0 Å². The minimum Gasteiger partial charge on any atom is -0.488 e. The van der Waals surface area contributed by atoms with E-state index in [1.807, 2.05) is 4.90 Å². The van der Waals surface area contributed by atoms with Crippen molar-refractivity contribution in [1.29, 1.82) is 0 Å². The minimum absolute atomic E-state index is 0.0170. The van der Waals surface area contributed by atoms with Crippen molar-refractivity contribution in [3.8, 4) is 5.75 Å². The summed E-state index contributed by atoms with van der Waals surface area (Å²) in [4.78, 5) is 23.8. The molecule has 1 N–H and O–H groups in total. The van der Waals surface area contributed by atoms with E-state index in [-0.39, 0.29) is 37.1 Å². The number of benzene rings is 2. The first kappa shape index (κ1) is 27.6. The highest BCUT2D eigenvalue weighted by Gasteiger charge is 2.36. The van der Waals surface area contributed by atoms with Crippen molar-refractivity contribution in [2.45, 2.75) is 38.1 Å². The van der Waals surface area contributed by atoms with Gasteiger partial charge in [-0.15, -0.1) is 0 Å². The zero-order chi connectivity index (χ0) is 28.3. The average molecular weight is 567 g/mol. The van der Waals surface area contributed by atoms with E-state index >= 15 is 4.39 Å². The number of nitrogens with zero attached hydrogens (tertiary/aromatic N) is 3. The Bertz CT molecular complexity index is 1450. The van der Waals surface area contributed by atoms with Crippen LogP contribution in [-0.2, 0) is 25.4 Å². The summed E-state index contributed by atoms with van der Waals surface area (Å²) in [6.45, 7) is 5.39. The number of carbonyl (C=O) groups excluding carboxylic acids is 1. The fraction of sp³-hybridized carbons (Fsp3) is 0.433. The highest BCUT2D eigenvalue weighted by molar-refractivity contribution is 5.97. The van der Waals surface area contributed by atoms with Crippen molar-refractivity contribution in [2.75, 3.05) is 51.4 Å². The van der Waals surface area contributed by atoms with Crippen LogP contribution in [0.1, 0.15) is 17.5 Å². The summed E-state index contributed by atoms with van der Waals surface area (Å²) in [5.74, 6) is -0.833. The average Bonchev–Trinajstić information content (AvgIpc) is 3.64. The van der Waals surface area contributed by atoms with E-state index in [0.29, 0.717) is 85.2 Å². The van der Waals surface area contributed by atoms with E-state index < -0.39 is 11.6 Å². The van der Waals surface area contributed by atoms with Gasteiger partial charge in [-0.1, -0.05) is 0 Å². The Labute approximate surface area is 236 Å². The minimum atomic E-state index is -0.804. The number of nitrogens with one attached hydrogen (secondary N) is 1. The molecule has 0 bridgehead atoms. The number of fused-ring (bicyclic) bond motifs is 2. The van der Waals surface area contributed by atoms with E-state index in [2.05, 4.69) is 15.3 Å². The molecule has 0 amide bonds. The summed E-state index contributed by atoms with van der Waals surface area (Å²) in [6, 6.07) is 8.17. The van der Waals surface area contributed by atoms with Gasteiger partial charge in [0.25, 0.3) is 0 Å². The summed E-state index contributed by atoms with van der Waals surface area (Å²) in [6.07, 6.45) is 3.04. The quantitative estimate of drug-likeness (QED) is 0.385. The number of ether oxygens (including phenoxy) is 4. The predicted octanol–water partition coefficient (Wildman–Crippen LogP) is 4.05. The number of halogens is 2. The van der Waals surface area contributed by atoms with Gasteiger partial charge < -0.3 is 24.3 Å². The van der Waals surface area contributed by atoms with Gasteiger partial charge in [0.2, 0.25) is 0 Å². The van der Waals surface area contributed by atoms with E-state index in [1.165, 1.54) is 18.5 Å². The van der Waals surface area contributed by atoms with Crippen LogP contribution in [0.3, 0.4) is 0 Å². The second-order valence-corrected chi connectivity index (χ2v) is 10.6. The Kier molecular flexibility index (Phi) is 8.20. The second kappa shape index (κ2) is 12.2. The Morgan fingerprint density at radius 1 is 1.15 bits per heavy atom. The summed E-state index contributed by atoms with van der Waals surface area (Å²) in [5, 5.41) is 3.83. The summed E-state index contributed by atoms with van der Waals surface area (Å²) in [7, 11) is 0. The van der Waals surface area contributed by atoms with E-state index in [4.69, 9.17) is 18.9 Å². The fourth-order valence-corrected chi connectivity index (χ4v) is 5.39. The number of allylic oxidation sites excluding steroid dienone is 1. The van der Waals surface area contributed by atoms with Crippen LogP contribution in [0.2, 0.25) is 0 Å². The van der Waals surface area contributed by atoms with Crippen molar-refractivity contribution in [3.63, 3.8) is 0 Å². The number of carbonyl (C=O) groups is 1. The Hall–Kier alpha value is -3.51. The molecule has 0 aliphatic carbocycles. The number of Topliss-reactive ketones (excluding diaryl/α,β-unsaturated/α-hetero) is 1. The maximum atomic E-state index is 15.1. The third kappa shape index (κ3) is 6.38. The predicted molar refractivity (Wildman–Crippen MR) is 148 cm³/mol. The number of aryl methyl sites for hydroxylation is 1. The lowest BCUT2D eigenvalue weighted by molar-refractivity contribution is -0.116. The maximum absolute atomic E-state index is 15.1. The molecule has 3 aromatic rings. The van der Waals surface area contributed by atoms with Crippen molar-refractivity contribution in [2.24, 2.45) is 0 Å². The van der Waals surface area contributed by atoms with Gasteiger partial charge in [-0.3, -0.25) is 9.69 Å². The van der Waals surface area contributed by atoms with Crippen LogP contribution in [0.25, 0.3) is 10.9 Å². The first-order chi connectivity index (χ1) is 19.9. The monoisotopic (exact) mass is 566 g/mol. The van der Waals surface area contributed by atoms with Crippen molar-refractivity contribution in [3.05, 3.63) is 65.5 Å². The highest BCUT2D eigenvalue weighted by Crippen LogP contribution is 2.32. The lowest BCUT2D eigenvalue weighted by Gasteiger charge is -2.24. The van der Waals surface area contributed by atoms with E-state index in [1.54, 1.807) is 31.2 Å². The first-order valence-electron chi connectivity index (χ1n) is 13.8. The molecule has 0 unspecified atom stereocenters. The van der Waals surface area contributed by atoms with Crippen LogP contribution in [0.15, 0.2) is 48.6 Å². The topological polar surface area (TPSA) is 95.0 Å². The number of anilines is 2. The number of hydrogen-bond acceptors (Lipinski definition) is 9. The molecule has 3 fully saturated rings. The molecule has 6 rings (SSSR count). The maximum Gasteiger partial charge on any atom is 0.195 e. The van der Waals surface area contributed by atoms with Gasteiger partial charge in [0.1, 0.15) is 29.8 Å². The molecular weight excluding hydrogens is 534 g/mol. The fourth-order valence-electron chi connectivity index (χ4n) is 5.39. The van der Waals surface area contributed by atoms with Gasteiger partial charge in [-0.25, -0.2) is 18.7 Å². The van der Waals surface area contributed by atoms with Gasteiger partial charge in [0.15, 0.2) is 11.6 Å². The summed E-state index contributed by atoms with van der Waals surface area (Å²) in [5.41, 5.74) is 2.24. The van der Waals surface area contributed by atoms with Gasteiger partial charge in [-0.05, 0) is 42.8 Å². The third-order valence-electron chi connectivity index (χ3n) is 7.60. The molecule has 4 heterocycles.